The number of hydrogen-bond acceptors (Lipinski definition) is 10. The number of likely N-dealkylation sites (tertiary alicyclic amines) is 1. The van der Waals surface area contributed by atoms with Crippen LogP contribution < -0.4 is 5.32 Å². The van der Waals surface area contributed by atoms with Gasteiger partial charge in [-0.05, 0) is 26.3 Å². The molecule has 0 saturated carbocycles. The van der Waals surface area contributed by atoms with Crippen LogP contribution in [0.2, 0.25) is 0 Å². The average Bonchev–Trinajstić information content (AvgIpc) is 3.47. The molecular weight excluding hydrogens is 484 g/mol. The number of hydrogen-bond donors (Lipinski definition) is 1. The number of nitro groups is 1. The van der Waals surface area contributed by atoms with Crippen LogP contribution in [0.25, 0.3) is 0 Å². The van der Waals surface area contributed by atoms with Gasteiger partial charge in [-0.15, -0.1) is 11.3 Å². The van der Waals surface area contributed by atoms with E-state index >= 15 is 0 Å². The van der Waals surface area contributed by atoms with Crippen LogP contribution in [0.4, 0.5) is 5.69 Å². The Morgan fingerprint density at radius 3 is 2.64 bits per heavy atom. The highest BCUT2D eigenvalue weighted by Gasteiger charge is 2.43. The molecule has 0 radical (unpaired) electrons. The van der Waals surface area contributed by atoms with Gasteiger partial charge >= 0.3 is 11.9 Å². The van der Waals surface area contributed by atoms with Crippen molar-refractivity contribution in [3.8, 4) is 0 Å². The number of methoxy groups -OCH3 is 1. The summed E-state index contributed by atoms with van der Waals surface area (Å²) in [6, 6.07) is 5.93. The molecule has 1 aromatic heterocycles. The van der Waals surface area contributed by atoms with E-state index < -0.39 is 28.4 Å². The van der Waals surface area contributed by atoms with Gasteiger partial charge < -0.3 is 14.8 Å². The fraction of sp³-hybridized carbons (Fsp3) is 0.400. The van der Waals surface area contributed by atoms with Gasteiger partial charge in [-0.25, -0.2) is 14.6 Å². The smallest absolute Gasteiger partial charge is 0.337 e. The fourth-order valence-corrected chi connectivity index (χ4v) is 5.50. The van der Waals surface area contributed by atoms with Gasteiger partial charge in [0.2, 0.25) is 0 Å². The number of allylic oxidation sites excluding steroid dienone is 2. The molecule has 0 unspecified atom stereocenters. The summed E-state index contributed by atoms with van der Waals surface area (Å²) in [4.78, 5) is 44.0. The Bertz CT molecular complexity index is 1260. The number of nitrogens with one attached hydrogen (secondary N) is 1. The second-order valence-electron chi connectivity index (χ2n) is 9.20. The third-order valence-corrected chi connectivity index (χ3v) is 7.26. The summed E-state index contributed by atoms with van der Waals surface area (Å²) in [5.41, 5.74) is 1.00. The van der Waals surface area contributed by atoms with Crippen molar-refractivity contribution < 1.29 is 24.0 Å². The molecule has 1 N–H and O–H groups in total. The molecule has 3 heterocycles. The van der Waals surface area contributed by atoms with Crippen molar-refractivity contribution in [1.82, 2.24) is 15.2 Å². The second kappa shape index (κ2) is 10.2. The molecule has 1 fully saturated rings. The number of nitro benzene ring substituents is 1. The van der Waals surface area contributed by atoms with Crippen molar-refractivity contribution in [1.29, 1.82) is 0 Å². The standard InChI is InChI=1S/C25H28N4O6S/c1-15-20(23(30)34-4)22(17-6-5-7-18(12-17)29(32)33)21(16(2)27-15)24(31)35-25(3)8-10-28(14-25)13-19-26-9-11-36-19/h5-7,9,11-12,22,27H,8,10,13-14H2,1-4H3/t22-,25+/m0/s1. The lowest BCUT2D eigenvalue weighted by molar-refractivity contribution is -0.384. The Kier molecular flexibility index (Phi) is 7.23. The normalized spacial score (nSPS) is 22.4. The van der Waals surface area contributed by atoms with Crippen LogP contribution in [0.3, 0.4) is 0 Å². The van der Waals surface area contributed by atoms with E-state index in [4.69, 9.17) is 9.47 Å². The van der Waals surface area contributed by atoms with Crippen LogP contribution in [-0.4, -0.2) is 52.5 Å². The number of dihydropyridines is 1. The minimum absolute atomic E-state index is 0.140. The highest BCUT2D eigenvalue weighted by atomic mass is 32.1. The zero-order valence-electron chi connectivity index (χ0n) is 20.6. The van der Waals surface area contributed by atoms with Crippen LogP contribution >= 0.6 is 11.3 Å². The number of thiazole rings is 1. The van der Waals surface area contributed by atoms with Crippen LogP contribution in [0.15, 0.2) is 58.4 Å². The van der Waals surface area contributed by atoms with E-state index in [0.717, 1.165) is 11.6 Å². The zero-order valence-corrected chi connectivity index (χ0v) is 21.4. The van der Waals surface area contributed by atoms with Gasteiger partial charge in [0, 0.05) is 54.6 Å². The van der Waals surface area contributed by atoms with Gasteiger partial charge in [0.15, 0.2) is 0 Å². The number of aromatic nitrogens is 1. The number of carbonyl (C=O) groups excluding carboxylic acids is 2. The van der Waals surface area contributed by atoms with Crippen molar-refractivity contribution in [2.45, 2.75) is 45.3 Å². The molecule has 2 aromatic rings. The van der Waals surface area contributed by atoms with Crippen LogP contribution in [0.5, 0.6) is 0 Å². The summed E-state index contributed by atoms with van der Waals surface area (Å²) in [6.07, 6.45) is 2.41. The van der Waals surface area contributed by atoms with Gasteiger partial charge in [-0.2, -0.15) is 0 Å². The molecule has 2 aliphatic heterocycles. The van der Waals surface area contributed by atoms with E-state index in [-0.39, 0.29) is 16.8 Å². The predicted octanol–water partition coefficient (Wildman–Crippen LogP) is 3.67. The first-order chi connectivity index (χ1) is 17.1. The quantitative estimate of drug-likeness (QED) is 0.336. The van der Waals surface area contributed by atoms with Crippen molar-refractivity contribution in [3.05, 3.63) is 79.1 Å². The molecule has 190 valence electrons. The molecule has 0 spiro atoms. The van der Waals surface area contributed by atoms with E-state index in [2.05, 4.69) is 15.2 Å². The van der Waals surface area contributed by atoms with Gasteiger partial charge in [-0.3, -0.25) is 15.0 Å². The predicted molar refractivity (Wildman–Crippen MR) is 133 cm³/mol. The molecule has 4 rings (SSSR count). The number of nitrogens with zero attached hydrogens (tertiary/aromatic N) is 3. The lowest BCUT2D eigenvalue weighted by Gasteiger charge is -2.32. The summed E-state index contributed by atoms with van der Waals surface area (Å²) >= 11 is 1.58. The number of rotatable bonds is 7. The average molecular weight is 513 g/mol. The summed E-state index contributed by atoms with van der Waals surface area (Å²) in [7, 11) is 1.26. The number of benzene rings is 1. The zero-order chi connectivity index (χ0) is 26.0. The monoisotopic (exact) mass is 512 g/mol. The number of carbonyl (C=O) groups is 2. The first kappa shape index (κ1) is 25.5. The molecule has 0 aliphatic carbocycles. The van der Waals surface area contributed by atoms with Crippen molar-refractivity contribution in [2.75, 3.05) is 20.2 Å². The first-order valence-corrected chi connectivity index (χ1v) is 12.3. The Balaban J connectivity index is 1.65. The van der Waals surface area contributed by atoms with E-state index in [0.29, 0.717) is 36.5 Å². The first-order valence-electron chi connectivity index (χ1n) is 11.5. The SMILES string of the molecule is COC(=O)C1=C(C)NC(C)=C(C(=O)O[C@]2(C)CCN(Cc3nccs3)C2)[C@H]1c1cccc([N+](=O)[O-])c1. The highest BCUT2D eigenvalue weighted by molar-refractivity contribution is 7.09. The molecule has 1 saturated heterocycles. The maximum atomic E-state index is 13.7. The van der Waals surface area contributed by atoms with E-state index in [1.807, 2.05) is 12.3 Å². The largest absolute Gasteiger partial charge is 0.466 e. The topological polar surface area (TPSA) is 124 Å². The molecule has 10 nitrogen and oxygen atoms in total. The molecule has 11 heteroatoms. The van der Waals surface area contributed by atoms with Crippen molar-refractivity contribution in [3.63, 3.8) is 0 Å². The summed E-state index contributed by atoms with van der Waals surface area (Å²) in [5, 5.41) is 17.5. The van der Waals surface area contributed by atoms with Gasteiger partial charge in [-0.1, -0.05) is 12.1 Å². The van der Waals surface area contributed by atoms with E-state index in [9.17, 15) is 19.7 Å². The summed E-state index contributed by atoms with van der Waals surface area (Å²) in [6.45, 7) is 7.29. The Labute approximate surface area is 212 Å². The maximum Gasteiger partial charge on any atom is 0.337 e. The van der Waals surface area contributed by atoms with Gasteiger partial charge in [0.1, 0.15) is 10.6 Å². The number of non-ortho nitro benzene ring substituents is 1. The molecule has 0 amide bonds. The van der Waals surface area contributed by atoms with Gasteiger partial charge in [0.25, 0.3) is 5.69 Å². The molecule has 0 bridgehead atoms. The molecule has 2 atom stereocenters. The Morgan fingerprint density at radius 1 is 1.28 bits per heavy atom. The highest BCUT2D eigenvalue weighted by Crippen LogP contribution is 2.41. The minimum atomic E-state index is -0.887. The Morgan fingerprint density at radius 2 is 2.00 bits per heavy atom. The summed E-state index contributed by atoms with van der Waals surface area (Å²) < 4.78 is 11.1. The number of ether oxygens (including phenoxy) is 2. The van der Waals surface area contributed by atoms with Gasteiger partial charge in [0.05, 0.1) is 35.6 Å². The maximum absolute atomic E-state index is 13.7. The van der Waals surface area contributed by atoms with Crippen LogP contribution in [0.1, 0.15) is 43.7 Å². The van der Waals surface area contributed by atoms with Crippen molar-refractivity contribution >= 4 is 29.0 Å². The fourth-order valence-electron chi connectivity index (χ4n) is 4.84. The van der Waals surface area contributed by atoms with Crippen LogP contribution in [-0.2, 0) is 25.6 Å². The van der Waals surface area contributed by atoms with Crippen LogP contribution in [0, 0.1) is 10.1 Å². The van der Waals surface area contributed by atoms with E-state index in [1.54, 1.807) is 37.4 Å². The second-order valence-corrected chi connectivity index (χ2v) is 10.2. The van der Waals surface area contributed by atoms with Crippen molar-refractivity contribution in [2.24, 2.45) is 0 Å². The minimum Gasteiger partial charge on any atom is -0.466 e. The molecular formula is C25H28N4O6S. The molecule has 1 aromatic carbocycles. The number of esters is 2. The Hall–Kier alpha value is -3.57. The van der Waals surface area contributed by atoms with E-state index in [1.165, 1.54) is 25.3 Å². The summed E-state index contributed by atoms with van der Waals surface area (Å²) in [5.74, 6) is -2.09. The third-order valence-electron chi connectivity index (χ3n) is 6.50. The lowest BCUT2D eigenvalue weighted by atomic mass is 9.80. The lowest BCUT2D eigenvalue weighted by Crippen LogP contribution is -2.38. The molecule has 2 aliphatic rings. The third kappa shape index (κ3) is 5.17. The molecule has 36 heavy (non-hydrogen) atoms.